The molecular weight excluding hydrogens is 345 g/mol. The first-order chi connectivity index (χ1) is 11.6. The predicted octanol–water partition coefficient (Wildman–Crippen LogP) is 5.52. The largest absolute Gasteiger partial charge is 0.478 e. The Hall–Kier alpha value is -1.97. The van der Waals surface area contributed by atoms with Gasteiger partial charge in [-0.05, 0) is 35.6 Å². The highest BCUT2D eigenvalue weighted by atomic mass is 35.5. The molecule has 0 aromatic heterocycles. The Kier molecular flexibility index (Phi) is 3.78. The van der Waals surface area contributed by atoms with Crippen molar-refractivity contribution in [2.24, 2.45) is 5.92 Å². The van der Waals surface area contributed by atoms with E-state index in [1.807, 2.05) is 18.2 Å². The molecular formula is C19H15Cl2NO2. The van der Waals surface area contributed by atoms with Crippen LogP contribution >= 0.6 is 23.2 Å². The summed E-state index contributed by atoms with van der Waals surface area (Å²) in [6.45, 7) is 0. The first-order valence-electron chi connectivity index (χ1n) is 7.81. The van der Waals surface area contributed by atoms with Gasteiger partial charge in [-0.25, -0.2) is 4.79 Å². The minimum absolute atomic E-state index is 0.0794. The lowest BCUT2D eigenvalue weighted by atomic mass is 9.76. The molecule has 0 saturated heterocycles. The molecule has 2 aromatic carbocycles. The molecule has 3 nitrogen and oxygen atoms in total. The average molecular weight is 360 g/mol. The third-order valence-corrected chi connectivity index (χ3v) is 5.78. The van der Waals surface area contributed by atoms with E-state index in [0.717, 1.165) is 17.5 Å². The number of allylic oxidation sites excluding steroid dienone is 2. The molecule has 0 fully saturated rings. The van der Waals surface area contributed by atoms with Crippen LogP contribution in [0.15, 0.2) is 48.6 Å². The molecule has 2 aliphatic rings. The fourth-order valence-corrected chi connectivity index (χ4v) is 4.29. The van der Waals surface area contributed by atoms with Gasteiger partial charge in [0.25, 0.3) is 0 Å². The smallest absolute Gasteiger partial charge is 0.337 e. The van der Waals surface area contributed by atoms with E-state index < -0.39 is 5.97 Å². The maximum atomic E-state index is 11.6. The van der Waals surface area contributed by atoms with Crippen LogP contribution in [-0.2, 0) is 0 Å². The Morgan fingerprint density at radius 3 is 2.67 bits per heavy atom. The van der Waals surface area contributed by atoms with Crippen LogP contribution in [0.3, 0.4) is 0 Å². The highest BCUT2D eigenvalue weighted by Gasteiger charge is 2.40. The summed E-state index contributed by atoms with van der Waals surface area (Å²) in [6.07, 6.45) is 5.24. The highest BCUT2D eigenvalue weighted by molar-refractivity contribution is 6.42. The number of carboxylic acids is 1. The van der Waals surface area contributed by atoms with Crippen molar-refractivity contribution in [3.8, 4) is 0 Å². The summed E-state index contributed by atoms with van der Waals surface area (Å²) in [5, 5.41) is 14.0. The number of carboxylic acid groups (broad SMARTS) is 1. The zero-order valence-electron chi connectivity index (χ0n) is 12.7. The van der Waals surface area contributed by atoms with Crippen molar-refractivity contribution in [1.82, 2.24) is 0 Å². The number of halogens is 2. The van der Waals surface area contributed by atoms with Gasteiger partial charge in [0.1, 0.15) is 0 Å². The summed E-state index contributed by atoms with van der Waals surface area (Å²) < 4.78 is 0. The highest BCUT2D eigenvalue weighted by Crippen LogP contribution is 2.52. The average Bonchev–Trinajstić information content (AvgIpc) is 3.06. The quantitative estimate of drug-likeness (QED) is 0.694. The molecule has 0 unspecified atom stereocenters. The van der Waals surface area contributed by atoms with Crippen molar-refractivity contribution in [2.45, 2.75) is 18.4 Å². The Bertz CT molecular complexity index is 862. The number of aromatic carboxylic acids is 1. The number of hydrogen-bond acceptors (Lipinski definition) is 2. The first-order valence-corrected chi connectivity index (χ1v) is 8.57. The lowest BCUT2D eigenvalue weighted by Crippen LogP contribution is -2.30. The Morgan fingerprint density at radius 1 is 1.12 bits per heavy atom. The second-order valence-corrected chi connectivity index (χ2v) is 6.98. The number of para-hydroxylation sites is 1. The Morgan fingerprint density at radius 2 is 1.88 bits per heavy atom. The summed E-state index contributed by atoms with van der Waals surface area (Å²) in [7, 11) is 0. The SMILES string of the molecule is O=C(O)c1cccc2c1N[C@H](c1cccc(Cl)c1Cl)[C@@H]1CC=C[C@H]21. The third kappa shape index (κ3) is 2.31. The van der Waals surface area contributed by atoms with Crippen molar-refractivity contribution >= 4 is 34.9 Å². The number of hydrogen-bond donors (Lipinski definition) is 2. The number of carbonyl (C=O) groups is 1. The normalized spacial score (nSPS) is 24.2. The molecule has 2 N–H and O–H groups in total. The Labute approximate surface area is 149 Å². The summed E-state index contributed by atoms with van der Waals surface area (Å²) in [5.41, 5.74) is 2.91. The van der Waals surface area contributed by atoms with Gasteiger partial charge in [0.05, 0.1) is 27.3 Å². The topological polar surface area (TPSA) is 49.3 Å². The molecule has 5 heteroatoms. The van der Waals surface area contributed by atoms with E-state index in [4.69, 9.17) is 23.2 Å². The van der Waals surface area contributed by atoms with Crippen LogP contribution in [0.1, 0.15) is 39.9 Å². The van der Waals surface area contributed by atoms with Gasteiger partial charge in [0, 0.05) is 5.92 Å². The zero-order valence-corrected chi connectivity index (χ0v) is 14.2. The molecule has 0 bridgehead atoms. The van der Waals surface area contributed by atoms with Crippen molar-refractivity contribution in [3.63, 3.8) is 0 Å². The first kappa shape index (κ1) is 15.6. The summed E-state index contributed by atoms with van der Waals surface area (Å²) >= 11 is 12.6. The van der Waals surface area contributed by atoms with Crippen molar-refractivity contribution in [1.29, 1.82) is 0 Å². The second-order valence-electron chi connectivity index (χ2n) is 6.19. The van der Waals surface area contributed by atoms with Gasteiger partial charge >= 0.3 is 5.97 Å². The number of anilines is 1. The van der Waals surface area contributed by atoms with Crippen LogP contribution in [0.4, 0.5) is 5.69 Å². The lowest BCUT2D eigenvalue weighted by molar-refractivity contribution is 0.0697. The molecule has 1 heterocycles. The van der Waals surface area contributed by atoms with Gasteiger partial charge in [0.15, 0.2) is 0 Å². The number of benzene rings is 2. The number of nitrogens with one attached hydrogen (secondary N) is 1. The van der Waals surface area contributed by atoms with Crippen LogP contribution in [-0.4, -0.2) is 11.1 Å². The van der Waals surface area contributed by atoms with Gasteiger partial charge in [-0.1, -0.05) is 59.6 Å². The maximum absolute atomic E-state index is 11.6. The van der Waals surface area contributed by atoms with Gasteiger partial charge in [-0.2, -0.15) is 0 Å². The second kappa shape index (κ2) is 5.83. The standard InChI is InChI=1S/C19H15Cl2NO2/c20-15-9-3-7-13(16(15)21)17-11-5-1-4-10(11)12-6-2-8-14(19(23)24)18(12)22-17/h1-4,6-11,17,22H,5H2,(H,23,24)/t10-,11+,17-/m0/s1. The van der Waals surface area contributed by atoms with Crippen molar-refractivity contribution in [2.75, 3.05) is 5.32 Å². The van der Waals surface area contributed by atoms with E-state index in [0.29, 0.717) is 15.7 Å². The third-order valence-electron chi connectivity index (χ3n) is 4.94. The molecule has 3 atom stereocenters. The van der Waals surface area contributed by atoms with E-state index in [-0.39, 0.29) is 23.4 Å². The van der Waals surface area contributed by atoms with Gasteiger partial charge in [-0.15, -0.1) is 0 Å². The van der Waals surface area contributed by atoms with Crippen LogP contribution in [0, 0.1) is 5.92 Å². The zero-order chi connectivity index (χ0) is 16.8. The van der Waals surface area contributed by atoms with Crippen LogP contribution in [0.2, 0.25) is 10.0 Å². The molecule has 24 heavy (non-hydrogen) atoms. The molecule has 4 rings (SSSR count). The van der Waals surface area contributed by atoms with Crippen LogP contribution in [0.25, 0.3) is 0 Å². The molecule has 0 radical (unpaired) electrons. The summed E-state index contributed by atoms with van der Waals surface area (Å²) in [6, 6.07) is 10.9. The molecule has 1 aliphatic heterocycles. The minimum Gasteiger partial charge on any atom is -0.478 e. The van der Waals surface area contributed by atoms with E-state index in [1.54, 1.807) is 18.2 Å². The number of fused-ring (bicyclic) bond motifs is 3. The van der Waals surface area contributed by atoms with Crippen LogP contribution in [0.5, 0.6) is 0 Å². The van der Waals surface area contributed by atoms with Crippen molar-refractivity contribution < 1.29 is 9.90 Å². The lowest BCUT2D eigenvalue weighted by Gasteiger charge is -2.38. The summed E-state index contributed by atoms with van der Waals surface area (Å²) in [5.74, 6) is -0.464. The van der Waals surface area contributed by atoms with Gasteiger partial charge in [0.2, 0.25) is 0 Å². The monoisotopic (exact) mass is 359 g/mol. The molecule has 122 valence electrons. The molecule has 1 aliphatic carbocycles. The van der Waals surface area contributed by atoms with Gasteiger partial charge < -0.3 is 10.4 Å². The maximum Gasteiger partial charge on any atom is 0.337 e. The predicted molar refractivity (Wildman–Crippen MR) is 96.2 cm³/mol. The van der Waals surface area contributed by atoms with Crippen molar-refractivity contribution in [3.05, 3.63) is 75.3 Å². The fraction of sp³-hybridized carbons (Fsp3) is 0.211. The van der Waals surface area contributed by atoms with E-state index in [9.17, 15) is 9.90 Å². The van der Waals surface area contributed by atoms with Crippen LogP contribution < -0.4 is 5.32 Å². The minimum atomic E-state index is -0.935. The summed E-state index contributed by atoms with van der Waals surface area (Å²) in [4.78, 5) is 11.6. The fourth-order valence-electron chi connectivity index (χ4n) is 3.87. The molecule has 0 amide bonds. The van der Waals surface area contributed by atoms with Gasteiger partial charge in [-0.3, -0.25) is 0 Å². The van der Waals surface area contributed by atoms with E-state index >= 15 is 0 Å². The molecule has 0 spiro atoms. The number of rotatable bonds is 2. The van der Waals surface area contributed by atoms with E-state index in [2.05, 4.69) is 17.5 Å². The van der Waals surface area contributed by atoms with E-state index in [1.165, 1.54) is 0 Å². The Balaban J connectivity index is 1.88. The molecule has 2 aromatic rings. The molecule has 0 saturated carbocycles.